The number of guanidine groups is 2. The lowest BCUT2D eigenvalue weighted by molar-refractivity contribution is -0.129. The number of nitrogens with one attached hydrogen (secondary N) is 5. The SMILES string of the molecule is C[C@@H](CC(=O)[C@H](Cc1ccc(O)cc1)N=C(NC(=O)OCc1ccccc1)NC(=O)OCc1ccccc1)C(=O)NC[C@H](Cc1ccccc1)N=C(NC(=O)OCc1ccccc1)NC(=O)OCc1ccccc1. The van der Waals surface area contributed by atoms with E-state index in [4.69, 9.17) is 18.9 Å². The molecule has 0 aliphatic heterocycles. The summed E-state index contributed by atoms with van der Waals surface area (Å²) >= 11 is 0. The molecule has 0 unspecified atom stereocenters. The molecule has 5 amide bonds. The molecule has 18 nitrogen and oxygen atoms in total. The van der Waals surface area contributed by atoms with E-state index in [9.17, 15) is 33.9 Å². The first-order valence-electron chi connectivity index (χ1n) is 23.6. The first-order chi connectivity index (χ1) is 35.9. The Kier molecular flexibility index (Phi) is 21.3. The minimum absolute atomic E-state index is 0.0173. The molecule has 6 aromatic rings. The van der Waals surface area contributed by atoms with E-state index >= 15 is 0 Å². The highest BCUT2D eigenvalue weighted by Crippen LogP contribution is 2.17. The topological polar surface area (TPSA) is 244 Å². The Balaban J connectivity index is 1.19. The number of benzene rings is 6. The van der Waals surface area contributed by atoms with Gasteiger partial charge in [0.1, 0.15) is 38.2 Å². The van der Waals surface area contributed by atoms with Crippen LogP contribution in [0.4, 0.5) is 19.2 Å². The van der Waals surface area contributed by atoms with Crippen molar-refractivity contribution in [2.75, 3.05) is 6.54 Å². The summed E-state index contributed by atoms with van der Waals surface area (Å²) < 4.78 is 21.6. The van der Waals surface area contributed by atoms with E-state index in [-0.39, 0.29) is 63.9 Å². The van der Waals surface area contributed by atoms with Crippen LogP contribution in [-0.4, -0.2) is 71.7 Å². The highest BCUT2D eigenvalue weighted by Gasteiger charge is 2.27. The van der Waals surface area contributed by atoms with Crippen molar-refractivity contribution < 1.29 is 52.8 Å². The van der Waals surface area contributed by atoms with E-state index in [1.54, 1.807) is 116 Å². The predicted octanol–water partition coefficient (Wildman–Crippen LogP) is 8.04. The van der Waals surface area contributed by atoms with Crippen LogP contribution in [0.1, 0.15) is 46.7 Å². The maximum Gasteiger partial charge on any atom is 0.414 e. The lowest BCUT2D eigenvalue weighted by Gasteiger charge is -2.20. The Morgan fingerprint density at radius 3 is 1.16 bits per heavy atom. The van der Waals surface area contributed by atoms with Gasteiger partial charge in [-0.1, -0.05) is 171 Å². The second kappa shape index (κ2) is 29.1. The van der Waals surface area contributed by atoms with Crippen LogP contribution in [0.25, 0.3) is 0 Å². The molecule has 0 bridgehead atoms. The van der Waals surface area contributed by atoms with Gasteiger partial charge in [-0.2, -0.15) is 0 Å². The lowest BCUT2D eigenvalue weighted by Crippen LogP contribution is -2.46. The Morgan fingerprint density at radius 2 is 0.784 bits per heavy atom. The number of phenolic OH excluding ortho intramolecular Hbond substituents is 1. The zero-order valence-electron chi connectivity index (χ0n) is 40.6. The van der Waals surface area contributed by atoms with Crippen LogP contribution in [0.3, 0.4) is 0 Å². The molecule has 0 radical (unpaired) electrons. The normalized spacial score (nSPS) is 11.7. The number of aliphatic imine (C=N–C) groups is 2. The first-order valence-corrected chi connectivity index (χ1v) is 23.6. The van der Waals surface area contributed by atoms with Crippen molar-refractivity contribution >= 4 is 48.0 Å². The third-order valence-corrected chi connectivity index (χ3v) is 10.8. The van der Waals surface area contributed by atoms with Gasteiger partial charge >= 0.3 is 24.4 Å². The summed E-state index contributed by atoms with van der Waals surface area (Å²) in [5.74, 6) is -2.83. The van der Waals surface area contributed by atoms with Crippen molar-refractivity contribution in [2.24, 2.45) is 15.9 Å². The summed E-state index contributed by atoms with van der Waals surface area (Å²) in [5.41, 5.74) is 4.20. The molecule has 3 atom stereocenters. The number of amides is 5. The molecular weight excluding hydrogens is 947 g/mol. The summed E-state index contributed by atoms with van der Waals surface area (Å²) in [5, 5.41) is 22.7. The number of carbonyl (C=O) groups is 6. The van der Waals surface area contributed by atoms with Crippen LogP contribution < -0.4 is 26.6 Å². The number of hydrogen-bond acceptors (Lipinski definition) is 13. The van der Waals surface area contributed by atoms with Gasteiger partial charge < -0.3 is 29.4 Å². The minimum atomic E-state index is -1.30. The van der Waals surface area contributed by atoms with Gasteiger partial charge in [0.15, 0.2) is 5.78 Å². The summed E-state index contributed by atoms with van der Waals surface area (Å²) in [7, 11) is 0. The molecule has 0 heterocycles. The van der Waals surface area contributed by atoms with Gasteiger partial charge in [0.2, 0.25) is 17.8 Å². The van der Waals surface area contributed by atoms with E-state index in [2.05, 4.69) is 36.6 Å². The molecule has 0 aromatic heterocycles. The van der Waals surface area contributed by atoms with Crippen LogP contribution in [0.5, 0.6) is 5.75 Å². The number of nitrogens with zero attached hydrogens (tertiary/aromatic N) is 2. The van der Waals surface area contributed by atoms with Crippen molar-refractivity contribution in [3.8, 4) is 5.75 Å². The average Bonchev–Trinajstić information content (AvgIpc) is 3.41. The number of aromatic hydroxyl groups is 1. The molecule has 6 N–H and O–H groups in total. The highest BCUT2D eigenvalue weighted by molar-refractivity contribution is 6.03. The van der Waals surface area contributed by atoms with Crippen LogP contribution in [0, 0.1) is 5.92 Å². The fourth-order valence-corrected chi connectivity index (χ4v) is 7.01. The molecule has 74 heavy (non-hydrogen) atoms. The van der Waals surface area contributed by atoms with E-state index in [0.29, 0.717) is 16.7 Å². The first kappa shape index (κ1) is 54.0. The molecule has 0 fully saturated rings. The fraction of sp³-hybridized carbons (Fsp3) is 0.214. The number of ketones is 1. The second-order valence-corrected chi connectivity index (χ2v) is 16.7. The predicted molar refractivity (Wildman–Crippen MR) is 275 cm³/mol. The summed E-state index contributed by atoms with van der Waals surface area (Å²) in [6.45, 7) is 1.04. The van der Waals surface area contributed by atoms with Gasteiger partial charge in [0.25, 0.3) is 0 Å². The zero-order chi connectivity index (χ0) is 52.3. The molecule has 382 valence electrons. The van der Waals surface area contributed by atoms with Gasteiger partial charge in [-0.3, -0.25) is 30.9 Å². The number of Topliss-reactive ketones (excluding diaryl/α,β-unsaturated/α-hetero) is 1. The van der Waals surface area contributed by atoms with E-state index < -0.39 is 60.0 Å². The zero-order valence-corrected chi connectivity index (χ0v) is 40.6. The molecule has 6 aromatic carbocycles. The third kappa shape index (κ3) is 19.8. The van der Waals surface area contributed by atoms with Crippen LogP contribution in [0.15, 0.2) is 186 Å². The number of phenols is 1. The number of hydrogen-bond donors (Lipinski definition) is 6. The lowest BCUT2D eigenvalue weighted by atomic mass is 9.95. The van der Waals surface area contributed by atoms with E-state index in [0.717, 1.165) is 16.7 Å². The monoisotopic (exact) mass is 1000 g/mol. The summed E-state index contributed by atoms with van der Waals surface area (Å²) in [4.78, 5) is 90.0. The van der Waals surface area contributed by atoms with Crippen molar-refractivity contribution in [3.05, 3.63) is 209 Å². The molecule has 18 heteroatoms. The number of alkyl carbamates (subject to hydrolysis) is 4. The van der Waals surface area contributed by atoms with Crippen molar-refractivity contribution in [3.63, 3.8) is 0 Å². The van der Waals surface area contributed by atoms with Gasteiger partial charge in [-0.25, -0.2) is 29.2 Å². The Labute approximate surface area is 428 Å². The van der Waals surface area contributed by atoms with Crippen LogP contribution >= 0.6 is 0 Å². The standard InChI is InChI=1S/C56H57N7O11/c1-39(31-49(65)48(33-41-27-29-47(64)30-28-41)59-52(62-55(69)73-37-44-23-13-5-14-24-44)63-56(70)74-38-45-25-15-6-16-26-45)50(66)57-34-46(32-40-17-7-2-8-18-40)58-51(60-53(67)71-35-42-19-9-3-10-20-42)61-54(68)72-36-43-21-11-4-12-22-43/h2-30,39,46,48,64H,31-38H2,1H3,(H,57,66)(H2,58,60,61,67,68)(H2,59,62,63,69,70)/t39-,46-,48-/m0/s1. The van der Waals surface area contributed by atoms with E-state index in [1.165, 1.54) is 12.1 Å². The van der Waals surface area contributed by atoms with E-state index in [1.807, 2.05) is 54.6 Å². The van der Waals surface area contributed by atoms with Crippen molar-refractivity contribution in [1.29, 1.82) is 0 Å². The Bertz CT molecular complexity index is 2680. The quantitative estimate of drug-likeness (QED) is 0.0243. The van der Waals surface area contributed by atoms with Crippen molar-refractivity contribution in [2.45, 2.75) is 64.7 Å². The highest BCUT2D eigenvalue weighted by atomic mass is 16.6. The maximum absolute atomic E-state index is 14.3. The fourth-order valence-electron chi connectivity index (χ4n) is 7.01. The minimum Gasteiger partial charge on any atom is -0.508 e. The van der Waals surface area contributed by atoms with Gasteiger partial charge in [-0.15, -0.1) is 0 Å². The number of rotatable bonds is 20. The molecule has 0 saturated carbocycles. The third-order valence-electron chi connectivity index (χ3n) is 10.8. The second-order valence-electron chi connectivity index (χ2n) is 16.7. The maximum atomic E-state index is 14.3. The summed E-state index contributed by atoms with van der Waals surface area (Å²) in [6.07, 6.45) is -4.02. The van der Waals surface area contributed by atoms with Gasteiger partial charge in [0, 0.05) is 25.3 Å². The molecule has 0 spiro atoms. The molecule has 6 rings (SSSR count). The number of ether oxygens (including phenoxy) is 4. The number of carbonyl (C=O) groups excluding carboxylic acids is 6. The van der Waals surface area contributed by atoms with Gasteiger partial charge in [0.05, 0.1) is 6.04 Å². The van der Waals surface area contributed by atoms with Crippen LogP contribution in [-0.2, 0) is 67.8 Å². The molecular formula is C56H57N7O11. The molecule has 0 saturated heterocycles. The Morgan fingerprint density at radius 1 is 0.446 bits per heavy atom. The summed E-state index contributed by atoms with van der Waals surface area (Å²) in [6, 6.07) is 48.9. The smallest absolute Gasteiger partial charge is 0.414 e. The van der Waals surface area contributed by atoms with Gasteiger partial charge in [-0.05, 0) is 51.9 Å². The van der Waals surface area contributed by atoms with Crippen molar-refractivity contribution in [1.82, 2.24) is 26.6 Å². The molecule has 0 aliphatic carbocycles. The average molecular weight is 1000 g/mol. The Hall–Kier alpha value is -9.32. The van der Waals surface area contributed by atoms with Crippen LogP contribution in [0.2, 0.25) is 0 Å². The molecule has 0 aliphatic rings. The largest absolute Gasteiger partial charge is 0.508 e.